The average molecular weight is 510 g/mol. The third-order valence-corrected chi connectivity index (χ3v) is 9.26. The van der Waals surface area contributed by atoms with E-state index in [0.29, 0.717) is 40.1 Å². The van der Waals surface area contributed by atoms with Crippen LogP contribution in [0.4, 0.5) is 5.13 Å². The smallest absolute Gasteiger partial charge is 0.230 e. The standard InChI is InChI=1S/C18H22Cl2N4O3S3/c1-2-9-28-18-23-22-17(29-18)21-16(25)12-5-4-8-24(10-12)30(26,27)11-13-14(19)6-3-7-15(13)20/h3,6-7,12H,2,4-5,8-11H2,1H3,(H,21,22,25)/t12-/m1/s1. The molecule has 1 N–H and O–H groups in total. The van der Waals surface area contributed by atoms with Gasteiger partial charge in [-0.15, -0.1) is 10.2 Å². The van der Waals surface area contributed by atoms with Crippen LogP contribution in [-0.2, 0) is 20.6 Å². The number of carbonyl (C=O) groups is 1. The summed E-state index contributed by atoms with van der Waals surface area (Å²) < 4.78 is 28.0. The lowest BCUT2D eigenvalue weighted by Crippen LogP contribution is -2.44. The number of piperidine rings is 1. The third kappa shape index (κ3) is 6.08. The van der Waals surface area contributed by atoms with Crippen LogP contribution in [0.25, 0.3) is 0 Å². The molecule has 7 nitrogen and oxygen atoms in total. The zero-order chi connectivity index (χ0) is 21.7. The minimum Gasteiger partial charge on any atom is -0.300 e. The molecule has 2 heterocycles. The van der Waals surface area contributed by atoms with E-state index >= 15 is 0 Å². The van der Waals surface area contributed by atoms with E-state index < -0.39 is 15.9 Å². The monoisotopic (exact) mass is 508 g/mol. The first-order chi connectivity index (χ1) is 14.3. The maximum atomic E-state index is 12.9. The number of amides is 1. The Morgan fingerprint density at radius 3 is 2.77 bits per heavy atom. The molecular formula is C18H22Cl2N4O3S3. The topological polar surface area (TPSA) is 92.3 Å². The van der Waals surface area contributed by atoms with E-state index in [4.69, 9.17) is 23.2 Å². The molecule has 0 saturated carbocycles. The third-order valence-electron chi connectivity index (χ3n) is 4.60. The van der Waals surface area contributed by atoms with Crippen molar-refractivity contribution in [3.63, 3.8) is 0 Å². The van der Waals surface area contributed by atoms with Crippen molar-refractivity contribution in [2.24, 2.45) is 5.92 Å². The highest BCUT2D eigenvalue weighted by Gasteiger charge is 2.33. The van der Waals surface area contributed by atoms with Gasteiger partial charge in [0.15, 0.2) is 4.34 Å². The van der Waals surface area contributed by atoms with Gasteiger partial charge in [-0.2, -0.15) is 0 Å². The summed E-state index contributed by atoms with van der Waals surface area (Å²) in [5, 5.41) is 11.9. The normalized spacial score (nSPS) is 17.8. The number of rotatable bonds is 8. The highest BCUT2D eigenvalue weighted by atomic mass is 35.5. The minimum atomic E-state index is -3.67. The van der Waals surface area contributed by atoms with Gasteiger partial charge in [0.1, 0.15) is 0 Å². The van der Waals surface area contributed by atoms with Gasteiger partial charge in [0.05, 0.1) is 11.7 Å². The van der Waals surface area contributed by atoms with Gasteiger partial charge in [0.25, 0.3) is 0 Å². The van der Waals surface area contributed by atoms with Crippen molar-refractivity contribution in [1.82, 2.24) is 14.5 Å². The van der Waals surface area contributed by atoms with E-state index in [0.717, 1.165) is 16.5 Å². The second kappa shape index (κ2) is 10.6. The maximum absolute atomic E-state index is 12.9. The molecular weight excluding hydrogens is 487 g/mol. The number of benzene rings is 1. The summed E-state index contributed by atoms with van der Waals surface area (Å²) in [6.45, 7) is 2.57. The van der Waals surface area contributed by atoms with Gasteiger partial charge >= 0.3 is 0 Å². The Labute approximate surface area is 194 Å². The van der Waals surface area contributed by atoms with Crippen LogP contribution in [0.2, 0.25) is 10.0 Å². The number of anilines is 1. The molecule has 1 amide bonds. The van der Waals surface area contributed by atoms with Gasteiger partial charge in [-0.05, 0) is 31.4 Å². The first kappa shape index (κ1) is 23.7. The molecule has 0 bridgehead atoms. The lowest BCUT2D eigenvalue weighted by Gasteiger charge is -2.31. The predicted molar refractivity (Wildman–Crippen MR) is 123 cm³/mol. The highest BCUT2D eigenvalue weighted by molar-refractivity contribution is 8.01. The molecule has 1 aromatic carbocycles. The van der Waals surface area contributed by atoms with Crippen LogP contribution >= 0.6 is 46.3 Å². The summed E-state index contributed by atoms with van der Waals surface area (Å²) in [7, 11) is -3.67. The number of sulfonamides is 1. The van der Waals surface area contributed by atoms with E-state index in [9.17, 15) is 13.2 Å². The highest BCUT2D eigenvalue weighted by Crippen LogP contribution is 2.30. The molecule has 30 heavy (non-hydrogen) atoms. The molecule has 1 aliphatic rings. The van der Waals surface area contributed by atoms with Crippen LogP contribution < -0.4 is 5.32 Å². The van der Waals surface area contributed by atoms with E-state index in [1.54, 1.807) is 30.0 Å². The van der Waals surface area contributed by atoms with Crippen LogP contribution in [0.15, 0.2) is 22.5 Å². The van der Waals surface area contributed by atoms with E-state index in [1.165, 1.54) is 15.6 Å². The molecule has 1 saturated heterocycles. The summed E-state index contributed by atoms with van der Waals surface area (Å²) in [6, 6.07) is 4.89. The Morgan fingerprint density at radius 1 is 1.33 bits per heavy atom. The van der Waals surface area contributed by atoms with Gasteiger partial charge in [-0.3, -0.25) is 4.79 Å². The summed E-state index contributed by atoms with van der Waals surface area (Å²) in [6.07, 6.45) is 2.24. The molecule has 1 aliphatic heterocycles. The zero-order valence-electron chi connectivity index (χ0n) is 16.3. The fourth-order valence-corrected chi connectivity index (χ4v) is 7.11. The predicted octanol–water partition coefficient (Wildman–Crippen LogP) is 4.53. The molecule has 12 heteroatoms. The Bertz CT molecular complexity index is 980. The van der Waals surface area contributed by atoms with Crippen molar-refractivity contribution in [2.45, 2.75) is 36.3 Å². The van der Waals surface area contributed by atoms with Crippen molar-refractivity contribution in [1.29, 1.82) is 0 Å². The Balaban J connectivity index is 1.64. The molecule has 0 radical (unpaired) electrons. The van der Waals surface area contributed by atoms with Crippen LogP contribution in [0.3, 0.4) is 0 Å². The summed E-state index contributed by atoms with van der Waals surface area (Å²) in [5.41, 5.74) is 0.373. The quantitative estimate of drug-likeness (QED) is 0.415. The summed E-state index contributed by atoms with van der Waals surface area (Å²) in [4.78, 5) is 12.7. The van der Waals surface area contributed by atoms with E-state index in [2.05, 4.69) is 22.4 Å². The number of aromatic nitrogens is 2. The van der Waals surface area contributed by atoms with Crippen LogP contribution in [0.5, 0.6) is 0 Å². The summed E-state index contributed by atoms with van der Waals surface area (Å²) in [5.74, 6) is -0.0541. The van der Waals surface area contributed by atoms with Crippen molar-refractivity contribution in [2.75, 3.05) is 24.2 Å². The van der Waals surface area contributed by atoms with Crippen LogP contribution in [-0.4, -0.2) is 47.7 Å². The molecule has 0 unspecified atom stereocenters. The SMILES string of the molecule is CCCSc1nnc(NC(=O)[C@@H]2CCCN(S(=O)(=O)Cc3c(Cl)cccc3Cl)C2)s1. The number of hydrogen-bond acceptors (Lipinski definition) is 7. The largest absolute Gasteiger partial charge is 0.300 e. The number of halogens is 2. The van der Waals surface area contributed by atoms with Gasteiger partial charge in [-0.1, -0.05) is 59.3 Å². The Morgan fingerprint density at radius 2 is 2.07 bits per heavy atom. The summed E-state index contributed by atoms with van der Waals surface area (Å²) >= 11 is 15.2. The van der Waals surface area contributed by atoms with Gasteiger partial charge < -0.3 is 5.32 Å². The molecule has 0 spiro atoms. The first-order valence-electron chi connectivity index (χ1n) is 9.48. The van der Waals surface area contributed by atoms with Gasteiger partial charge in [0, 0.05) is 34.5 Å². The van der Waals surface area contributed by atoms with Crippen molar-refractivity contribution >= 4 is 67.4 Å². The molecule has 0 aliphatic carbocycles. The number of thioether (sulfide) groups is 1. The van der Waals surface area contributed by atoms with Gasteiger partial charge in [0.2, 0.25) is 21.1 Å². The fourth-order valence-electron chi connectivity index (χ4n) is 3.07. The Hall–Kier alpha value is -0.910. The number of hydrogen-bond donors (Lipinski definition) is 1. The molecule has 164 valence electrons. The van der Waals surface area contributed by atoms with Gasteiger partial charge in [-0.25, -0.2) is 12.7 Å². The fraction of sp³-hybridized carbons (Fsp3) is 0.500. The van der Waals surface area contributed by atoms with Crippen molar-refractivity contribution in [3.8, 4) is 0 Å². The molecule has 1 atom stereocenters. The Kier molecular flexibility index (Phi) is 8.39. The van der Waals surface area contributed by atoms with Crippen LogP contribution in [0, 0.1) is 5.92 Å². The maximum Gasteiger partial charge on any atom is 0.230 e. The molecule has 1 aromatic heterocycles. The minimum absolute atomic E-state index is 0.118. The number of nitrogens with one attached hydrogen (secondary N) is 1. The number of nitrogens with zero attached hydrogens (tertiary/aromatic N) is 3. The molecule has 2 aromatic rings. The average Bonchev–Trinajstić information content (AvgIpc) is 3.16. The lowest BCUT2D eigenvalue weighted by molar-refractivity contribution is -0.120. The number of carbonyl (C=O) groups excluding carboxylic acids is 1. The van der Waals surface area contributed by atoms with E-state index in [1.807, 2.05) is 0 Å². The second-order valence-electron chi connectivity index (χ2n) is 6.86. The first-order valence-corrected chi connectivity index (χ1v) is 13.6. The van der Waals surface area contributed by atoms with Crippen molar-refractivity contribution in [3.05, 3.63) is 33.8 Å². The van der Waals surface area contributed by atoms with Crippen molar-refractivity contribution < 1.29 is 13.2 Å². The van der Waals surface area contributed by atoms with E-state index in [-0.39, 0.29) is 18.2 Å². The van der Waals surface area contributed by atoms with Crippen LogP contribution in [0.1, 0.15) is 31.7 Å². The molecule has 1 fully saturated rings. The second-order valence-corrected chi connectivity index (χ2v) is 12.0. The molecule has 3 rings (SSSR count). The lowest BCUT2D eigenvalue weighted by atomic mass is 9.99. The zero-order valence-corrected chi connectivity index (χ0v) is 20.3.